The van der Waals surface area contributed by atoms with Gasteiger partial charge < -0.3 is 14.6 Å². The van der Waals surface area contributed by atoms with Crippen molar-refractivity contribution >= 4 is 5.97 Å². The van der Waals surface area contributed by atoms with Crippen LogP contribution in [0.2, 0.25) is 0 Å². The number of carbonyl (C=O) groups is 1. The predicted octanol–water partition coefficient (Wildman–Crippen LogP) is 3.28. The molecule has 0 aromatic heterocycles. The van der Waals surface area contributed by atoms with Gasteiger partial charge in [-0.25, -0.2) is 4.79 Å². The number of hydrogen-bond acceptors (Lipinski definition) is 4. The van der Waals surface area contributed by atoms with Gasteiger partial charge in [0.1, 0.15) is 5.75 Å². The Labute approximate surface area is 127 Å². The third kappa shape index (κ3) is 4.21. The van der Waals surface area contributed by atoms with Gasteiger partial charge in [0, 0.05) is 5.92 Å². The second-order valence-corrected chi connectivity index (χ2v) is 5.46. The van der Waals surface area contributed by atoms with Crippen molar-refractivity contribution in [2.45, 2.75) is 58.7 Å². The topological polar surface area (TPSA) is 55.8 Å². The summed E-state index contributed by atoms with van der Waals surface area (Å²) in [6, 6.07) is 7.46. The summed E-state index contributed by atoms with van der Waals surface area (Å²) in [5.41, 5.74) is -0.625. The molecule has 2 atom stereocenters. The number of benzene rings is 1. The zero-order chi connectivity index (χ0) is 16.0. The maximum absolute atomic E-state index is 12.0. The summed E-state index contributed by atoms with van der Waals surface area (Å²) in [4.78, 5) is 12.0. The van der Waals surface area contributed by atoms with E-state index in [1.54, 1.807) is 13.8 Å². The van der Waals surface area contributed by atoms with E-state index in [-0.39, 0.29) is 18.6 Å². The highest BCUT2D eigenvalue weighted by molar-refractivity contribution is 5.80. The minimum absolute atomic E-state index is 0.111. The van der Waals surface area contributed by atoms with E-state index in [0.717, 1.165) is 11.3 Å². The average Bonchev–Trinajstić information content (AvgIpc) is 2.46. The van der Waals surface area contributed by atoms with Gasteiger partial charge in [0.2, 0.25) is 0 Å². The van der Waals surface area contributed by atoms with E-state index >= 15 is 0 Å². The standard InChI is InChI=1S/C17H26O4/c1-6-17(19,16(18)20-7-2)13(5)14-8-10-15(11-9-14)21-12(3)4/h8-13,19H,6-7H2,1-5H3. The van der Waals surface area contributed by atoms with Gasteiger partial charge in [-0.1, -0.05) is 26.0 Å². The molecule has 0 aliphatic heterocycles. The molecule has 1 aromatic carbocycles. The highest BCUT2D eigenvalue weighted by Crippen LogP contribution is 2.33. The van der Waals surface area contributed by atoms with Crippen molar-refractivity contribution in [3.63, 3.8) is 0 Å². The summed E-state index contributed by atoms with van der Waals surface area (Å²) in [5.74, 6) is -0.144. The molecule has 0 radical (unpaired) electrons. The van der Waals surface area contributed by atoms with Gasteiger partial charge >= 0.3 is 5.97 Å². The van der Waals surface area contributed by atoms with Gasteiger partial charge in [0.25, 0.3) is 0 Å². The molecule has 1 aromatic rings. The molecule has 1 N–H and O–H groups in total. The normalized spacial score (nSPS) is 15.4. The molecule has 0 bridgehead atoms. The maximum atomic E-state index is 12.0. The van der Waals surface area contributed by atoms with Crippen LogP contribution in [0, 0.1) is 0 Å². The van der Waals surface area contributed by atoms with E-state index < -0.39 is 11.6 Å². The van der Waals surface area contributed by atoms with Crippen molar-refractivity contribution in [3.05, 3.63) is 29.8 Å². The number of hydrogen-bond donors (Lipinski definition) is 1. The Morgan fingerprint density at radius 3 is 2.19 bits per heavy atom. The first-order valence-electron chi connectivity index (χ1n) is 7.51. The monoisotopic (exact) mass is 294 g/mol. The van der Waals surface area contributed by atoms with Gasteiger partial charge in [-0.15, -0.1) is 0 Å². The fourth-order valence-electron chi connectivity index (χ4n) is 2.27. The van der Waals surface area contributed by atoms with Crippen LogP contribution in [0.3, 0.4) is 0 Å². The molecule has 0 aliphatic rings. The van der Waals surface area contributed by atoms with Crippen LogP contribution in [0.1, 0.15) is 52.5 Å². The van der Waals surface area contributed by atoms with Crippen molar-refractivity contribution in [1.29, 1.82) is 0 Å². The smallest absolute Gasteiger partial charge is 0.338 e. The molecule has 0 amide bonds. The second kappa shape index (κ2) is 7.46. The highest BCUT2D eigenvalue weighted by atomic mass is 16.5. The van der Waals surface area contributed by atoms with Crippen LogP contribution in [0.4, 0.5) is 0 Å². The van der Waals surface area contributed by atoms with Crippen LogP contribution < -0.4 is 4.74 Å². The molecule has 0 heterocycles. The largest absolute Gasteiger partial charge is 0.491 e. The minimum Gasteiger partial charge on any atom is -0.491 e. The van der Waals surface area contributed by atoms with E-state index in [0.29, 0.717) is 6.42 Å². The van der Waals surface area contributed by atoms with Crippen LogP contribution in [-0.4, -0.2) is 29.4 Å². The molecule has 0 saturated carbocycles. The summed E-state index contributed by atoms with van der Waals surface area (Å²) >= 11 is 0. The Morgan fingerprint density at radius 1 is 1.19 bits per heavy atom. The molecule has 0 spiro atoms. The third-order valence-electron chi connectivity index (χ3n) is 3.64. The quantitative estimate of drug-likeness (QED) is 0.784. The molecule has 21 heavy (non-hydrogen) atoms. The zero-order valence-corrected chi connectivity index (χ0v) is 13.6. The van der Waals surface area contributed by atoms with E-state index in [2.05, 4.69) is 0 Å². The first-order valence-corrected chi connectivity index (χ1v) is 7.51. The molecule has 0 fully saturated rings. The number of aliphatic hydroxyl groups is 1. The van der Waals surface area contributed by atoms with Crippen molar-refractivity contribution in [2.75, 3.05) is 6.61 Å². The summed E-state index contributed by atoms with van der Waals surface area (Å²) in [6.07, 6.45) is 0.414. The number of esters is 1. The molecule has 4 nitrogen and oxygen atoms in total. The lowest BCUT2D eigenvalue weighted by molar-refractivity contribution is -0.167. The van der Waals surface area contributed by atoms with Gasteiger partial charge in [0.05, 0.1) is 12.7 Å². The van der Waals surface area contributed by atoms with E-state index in [9.17, 15) is 9.90 Å². The van der Waals surface area contributed by atoms with Crippen LogP contribution in [0.15, 0.2) is 24.3 Å². The number of ether oxygens (including phenoxy) is 2. The molecule has 1 rings (SSSR count). The highest BCUT2D eigenvalue weighted by Gasteiger charge is 2.42. The van der Waals surface area contributed by atoms with Crippen LogP contribution >= 0.6 is 0 Å². The first-order chi connectivity index (χ1) is 9.85. The summed E-state index contributed by atoms with van der Waals surface area (Å²) < 4.78 is 10.6. The average molecular weight is 294 g/mol. The molecular formula is C17H26O4. The Kier molecular flexibility index (Phi) is 6.21. The Morgan fingerprint density at radius 2 is 1.76 bits per heavy atom. The molecule has 4 heteroatoms. The van der Waals surface area contributed by atoms with Crippen LogP contribution in [-0.2, 0) is 9.53 Å². The van der Waals surface area contributed by atoms with Gasteiger partial charge in [0.15, 0.2) is 5.60 Å². The lowest BCUT2D eigenvalue weighted by Gasteiger charge is -2.31. The Balaban J connectivity index is 2.94. The lowest BCUT2D eigenvalue weighted by Crippen LogP contribution is -2.44. The predicted molar refractivity (Wildman–Crippen MR) is 82.5 cm³/mol. The molecule has 0 saturated heterocycles. The van der Waals surface area contributed by atoms with E-state index in [1.807, 2.05) is 45.0 Å². The Hall–Kier alpha value is -1.55. The summed E-state index contributed by atoms with van der Waals surface area (Å²) in [6.45, 7) is 9.54. The summed E-state index contributed by atoms with van der Waals surface area (Å²) in [7, 11) is 0. The second-order valence-electron chi connectivity index (χ2n) is 5.46. The third-order valence-corrected chi connectivity index (χ3v) is 3.64. The minimum atomic E-state index is -1.50. The maximum Gasteiger partial charge on any atom is 0.338 e. The molecule has 2 unspecified atom stereocenters. The molecule has 0 aliphatic carbocycles. The molecule has 118 valence electrons. The first kappa shape index (κ1) is 17.5. The van der Waals surface area contributed by atoms with Gasteiger partial charge in [-0.2, -0.15) is 0 Å². The SMILES string of the molecule is CCOC(=O)C(O)(CC)C(C)c1ccc(OC(C)C)cc1. The van der Waals surface area contributed by atoms with Crippen LogP contribution in [0.25, 0.3) is 0 Å². The van der Waals surface area contributed by atoms with Gasteiger partial charge in [-0.05, 0) is 44.9 Å². The van der Waals surface area contributed by atoms with Gasteiger partial charge in [-0.3, -0.25) is 0 Å². The fraction of sp³-hybridized carbons (Fsp3) is 0.588. The van der Waals surface area contributed by atoms with Crippen molar-refractivity contribution in [1.82, 2.24) is 0 Å². The fourth-order valence-corrected chi connectivity index (χ4v) is 2.27. The lowest BCUT2D eigenvalue weighted by atomic mass is 9.81. The number of carbonyl (C=O) groups excluding carboxylic acids is 1. The van der Waals surface area contributed by atoms with Crippen molar-refractivity contribution in [2.24, 2.45) is 0 Å². The van der Waals surface area contributed by atoms with Crippen molar-refractivity contribution < 1.29 is 19.4 Å². The van der Waals surface area contributed by atoms with E-state index in [4.69, 9.17) is 9.47 Å². The van der Waals surface area contributed by atoms with E-state index in [1.165, 1.54) is 0 Å². The van der Waals surface area contributed by atoms with Crippen molar-refractivity contribution in [3.8, 4) is 5.75 Å². The summed E-state index contributed by atoms with van der Waals surface area (Å²) in [5, 5.41) is 10.7. The zero-order valence-electron chi connectivity index (χ0n) is 13.6. The Bertz CT molecular complexity index is 452. The number of rotatable bonds is 7. The molecular weight excluding hydrogens is 268 g/mol. The van der Waals surface area contributed by atoms with Crippen LogP contribution in [0.5, 0.6) is 5.75 Å².